The van der Waals surface area contributed by atoms with E-state index < -0.39 is 0 Å². The Kier molecular flexibility index (Phi) is 4.40. The number of fused-ring (bicyclic) bond motifs is 5. The van der Waals surface area contributed by atoms with Gasteiger partial charge in [-0.25, -0.2) is 4.39 Å². The smallest absolute Gasteiger partial charge is 0.165 e. The maximum Gasteiger partial charge on any atom is 0.165 e. The van der Waals surface area contributed by atoms with Gasteiger partial charge < -0.3 is 5.11 Å². The van der Waals surface area contributed by atoms with Crippen LogP contribution in [-0.2, 0) is 4.79 Å². The summed E-state index contributed by atoms with van der Waals surface area (Å²) >= 11 is 0. The second kappa shape index (κ2) is 6.63. The summed E-state index contributed by atoms with van der Waals surface area (Å²) in [5.74, 6) is 1.61. The summed E-state index contributed by atoms with van der Waals surface area (Å²) in [6, 6.07) is 6.43. The molecule has 0 aliphatic heterocycles. The maximum atomic E-state index is 13.4. The van der Waals surface area contributed by atoms with Crippen molar-refractivity contribution in [3.8, 4) is 0 Å². The number of carbonyl (C=O) groups is 1. The van der Waals surface area contributed by atoms with E-state index in [9.17, 15) is 14.3 Å². The highest BCUT2D eigenvalue weighted by Crippen LogP contribution is 2.64. The quantitative estimate of drug-likeness (QED) is 0.489. The van der Waals surface area contributed by atoms with E-state index in [0.717, 1.165) is 56.1 Å². The fourth-order valence-electron chi connectivity index (χ4n) is 7.20. The van der Waals surface area contributed by atoms with Crippen molar-refractivity contribution >= 4 is 11.9 Å². The average molecular weight is 395 g/mol. The summed E-state index contributed by atoms with van der Waals surface area (Å²) in [4.78, 5) is 13.4. The molecule has 1 aromatic carbocycles. The van der Waals surface area contributed by atoms with Gasteiger partial charge in [0.2, 0.25) is 0 Å². The Hall–Kier alpha value is -1.74. The van der Waals surface area contributed by atoms with Crippen LogP contribution in [0.3, 0.4) is 0 Å². The number of aliphatic hydroxyl groups excluding tert-OH is 1. The molecule has 0 amide bonds. The van der Waals surface area contributed by atoms with Crippen LogP contribution in [0.5, 0.6) is 0 Å². The highest BCUT2D eigenvalue weighted by atomic mass is 19.1. The molecule has 0 saturated heterocycles. The lowest BCUT2D eigenvalue weighted by atomic mass is 9.48. The number of ketones is 1. The van der Waals surface area contributed by atoms with Crippen molar-refractivity contribution in [1.82, 2.24) is 0 Å². The molecule has 3 heteroatoms. The molecule has 0 spiro atoms. The third-order valence-corrected chi connectivity index (χ3v) is 8.93. The van der Waals surface area contributed by atoms with Crippen molar-refractivity contribution in [3.63, 3.8) is 0 Å². The predicted octanol–water partition coefficient (Wildman–Crippen LogP) is 5.71. The monoisotopic (exact) mass is 394 g/mol. The van der Waals surface area contributed by atoms with Crippen molar-refractivity contribution < 1.29 is 14.3 Å². The molecule has 2 nitrogen and oxygen atoms in total. The van der Waals surface area contributed by atoms with Gasteiger partial charge in [0.1, 0.15) is 5.82 Å². The number of Topliss-reactive ketones (excluding diaryl/α,β-unsaturated/α-hetero) is 1. The van der Waals surface area contributed by atoms with E-state index in [1.807, 2.05) is 6.08 Å². The highest BCUT2D eigenvalue weighted by Gasteiger charge is 2.59. The Balaban J connectivity index is 1.47. The first-order valence-electron chi connectivity index (χ1n) is 11.2. The van der Waals surface area contributed by atoms with Crippen LogP contribution in [0, 0.1) is 34.4 Å². The normalized spacial score (nSPS) is 42.8. The SMILES string of the molecule is C[C@@]12CC[C@H]3[C@@H](CC=C4C[C@H](O)CC[C@]43C)[C@H]1CC(=Cc1ccc(F)cc1)C2=O. The minimum atomic E-state index is -0.261. The van der Waals surface area contributed by atoms with E-state index in [0.29, 0.717) is 23.5 Å². The molecule has 0 aromatic heterocycles. The standard InChI is InChI=1S/C26H31FO2/c1-25-11-9-20(28)15-18(25)5-8-21-22(25)10-12-26(2)23(21)14-17(24(26)29)13-16-3-6-19(27)7-4-16/h3-7,13,20-23,28H,8-12,14-15H2,1-2H3/t20-,21-,22+,23-,25-,26-/m1/s1. The summed E-state index contributed by atoms with van der Waals surface area (Å²) in [5.41, 5.74) is 3.22. The number of allylic oxidation sites excluding steroid dienone is 2. The van der Waals surface area contributed by atoms with Gasteiger partial charge in [-0.05, 0) is 97.5 Å². The van der Waals surface area contributed by atoms with Crippen molar-refractivity contribution in [2.24, 2.45) is 28.6 Å². The Labute approximate surface area is 172 Å². The Morgan fingerprint density at radius 2 is 1.76 bits per heavy atom. The zero-order valence-corrected chi connectivity index (χ0v) is 17.5. The molecule has 29 heavy (non-hydrogen) atoms. The molecule has 0 heterocycles. The second-order valence-electron chi connectivity index (χ2n) is 10.4. The molecule has 1 aromatic rings. The van der Waals surface area contributed by atoms with Crippen LogP contribution in [0.15, 0.2) is 41.5 Å². The Bertz CT molecular complexity index is 898. The third kappa shape index (κ3) is 2.88. The average Bonchev–Trinajstić information content (AvgIpc) is 2.95. The van der Waals surface area contributed by atoms with E-state index in [1.165, 1.54) is 17.7 Å². The summed E-state index contributed by atoms with van der Waals surface area (Å²) < 4.78 is 13.3. The van der Waals surface area contributed by atoms with E-state index in [-0.39, 0.29) is 22.8 Å². The first kappa shape index (κ1) is 19.2. The van der Waals surface area contributed by atoms with Gasteiger partial charge in [0.25, 0.3) is 0 Å². The first-order chi connectivity index (χ1) is 13.8. The molecule has 5 rings (SSSR count). The maximum absolute atomic E-state index is 13.4. The second-order valence-corrected chi connectivity index (χ2v) is 10.4. The van der Waals surface area contributed by atoms with Crippen LogP contribution in [0.25, 0.3) is 6.08 Å². The number of aliphatic hydroxyl groups is 1. The Morgan fingerprint density at radius 3 is 2.52 bits per heavy atom. The van der Waals surface area contributed by atoms with Gasteiger partial charge in [0, 0.05) is 5.41 Å². The highest BCUT2D eigenvalue weighted by molar-refractivity contribution is 6.05. The van der Waals surface area contributed by atoms with Crippen LogP contribution in [0.1, 0.15) is 64.4 Å². The number of hydrogen-bond donors (Lipinski definition) is 1. The van der Waals surface area contributed by atoms with Crippen LogP contribution in [0.2, 0.25) is 0 Å². The predicted molar refractivity (Wildman–Crippen MR) is 112 cm³/mol. The number of rotatable bonds is 1. The number of halogens is 1. The first-order valence-corrected chi connectivity index (χ1v) is 11.2. The Morgan fingerprint density at radius 1 is 1.03 bits per heavy atom. The van der Waals surface area contributed by atoms with Gasteiger partial charge in [0.05, 0.1) is 6.10 Å². The molecular formula is C26H31FO2. The summed E-state index contributed by atoms with van der Waals surface area (Å²) in [6.45, 7) is 4.60. The lowest BCUT2D eigenvalue weighted by Crippen LogP contribution is -2.50. The molecular weight excluding hydrogens is 363 g/mol. The molecule has 0 unspecified atom stereocenters. The van der Waals surface area contributed by atoms with E-state index in [1.54, 1.807) is 12.1 Å². The molecule has 154 valence electrons. The fraction of sp³-hybridized carbons (Fsp3) is 0.577. The van der Waals surface area contributed by atoms with E-state index in [2.05, 4.69) is 19.9 Å². The van der Waals surface area contributed by atoms with E-state index in [4.69, 9.17) is 0 Å². The number of carbonyl (C=O) groups excluding carboxylic acids is 1. The minimum absolute atomic E-state index is 0.182. The minimum Gasteiger partial charge on any atom is -0.393 e. The topological polar surface area (TPSA) is 37.3 Å². The van der Waals surface area contributed by atoms with Crippen molar-refractivity contribution in [1.29, 1.82) is 0 Å². The van der Waals surface area contributed by atoms with Crippen LogP contribution < -0.4 is 0 Å². The van der Waals surface area contributed by atoms with Crippen molar-refractivity contribution in [3.05, 3.63) is 52.9 Å². The van der Waals surface area contributed by atoms with E-state index >= 15 is 0 Å². The zero-order valence-electron chi connectivity index (χ0n) is 17.5. The zero-order chi connectivity index (χ0) is 20.4. The lowest BCUT2D eigenvalue weighted by Gasteiger charge is -2.56. The van der Waals surface area contributed by atoms with Gasteiger partial charge in [-0.1, -0.05) is 37.6 Å². The summed E-state index contributed by atoms with van der Waals surface area (Å²) in [7, 11) is 0. The third-order valence-electron chi connectivity index (χ3n) is 8.93. The molecule has 4 aliphatic carbocycles. The molecule has 1 N–H and O–H groups in total. The number of hydrogen-bond acceptors (Lipinski definition) is 2. The van der Waals surface area contributed by atoms with Crippen LogP contribution >= 0.6 is 0 Å². The van der Waals surface area contributed by atoms with Crippen LogP contribution in [0.4, 0.5) is 4.39 Å². The molecule has 0 radical (unpaired) electrons. The summed E-state index contributed by atoms with van der Waals surface area (Å²) in [6.07, 6.45) is 11.0. The van der Waals surface area contributed by atoms with Crippen molar-refractivity contribution in [2.45, 2.75) is 64.9 Å². The van der Waals surface area contributed by atoms with Crippen LogP contribution in [-0.4, -0.2) is 17.0 Å². The van der Waals surface area contributed by atoms with Crippen molar-refractivity contribution in [2.75, 3.05) is 0 Å². The van der Waals surface area contributed by atoms with Gasteiger partial charge >= 0.3 is 0 Å². The summed E-state index contributed by atoms with van der Waals surface area (Å²) in [5, 5.41) is 10.2. The van der Waals surface area contributed by atoms with Gasteiger partial charge in [-0.15, -0.1) is 0 Å². The van der Waals surface area contributed by atoms with Gasteiger partial charge in [0.15, 0.2) is 5.78 Å². The molecule has 0 bridgehead atoms. The molecule has 3 fully saturated rings. The largest absolute Gasteiger partial charge is 0.393 e. The number of benzene rings is 1. The molecule has 3 saturated carbocycles. The molecule has 6 atom stereocenters. The lowest BCUT2D eigenvalue weighted by molar-refractivity contribution is -0.130. The van der Waals surface area contributed by atoms with Gasteiger partial charge in [-0.3, -0.25) is 4.79 Å². The van der Waals surface area contributed by atoms with Gasteiger partial charge in [-0.2, -0.15) is 0 Å². The fourth-order valence-corrected chi connectivity index (χ4v) is 7.20. The molecule has 4 aliphatic rings.